The maximum absolute atomic E-state index is 13.7. The number of rotatable bonds is 26. The van der Waals surface area contributed by atoms with Gasteiger partial charge in [-0.3, -0.25) is 0 Å². The Hall–Kier alpha value is -8.15. The number of unbranched alkanes of at least 4 members (excludes halogenated alkanes) is 4. The molecule has 5 heteroatoms. The minimum absolute atomic E-state index is 0.0645. The zero-order valence-corrected chi connectivity index (χ0v) is 73.3. The molecule has 10 aromatic rings. The van der Waals surface area contributed by atoms with Crippen LogP contribution in [0, 0.1) is 87.4 Å². The summed E-state index contributed by atoms with van der Waals surface area (Å²) in [6.07, 6.45) is 58.5. The molecule has 0 nitrogen and oxygen atoms in total. The highest BCUT2D eigenvalue weighted by Crippen LogP contribution is 2.36. The molecule has 5 saturated carbocycles. The Bertz CT molecular complexity index is 4340. The third-order valence-corrected chi connectivity index (χ3v) is 26.6. The zero-order valence-electron chi connectivity index (χ0n) is 73.3. The van der Waals surface area contributed by atoms with E-state index in [2.05, 4.69) is 154 Å². The Morgan fingerprint density at radius 1 is 0.237 bits per heavy atom. The Morgan fingerprint density at radius 3 is 0.839 bits per heavy atom. The van der Waals surface area contributed by atoms with Gasteiger partial charge in [0.1, 0.15) is 29.1 Å². The van der Waals surface area contributed by atoms with Gasteiger partial charge in [0.2, 0.25) is 0 Å². The van der Waals surface area contributed by atoms with E-state index in [1.165, 1.54) is 345 Å². The molecule has 15 rings (SSSR count). The van der Waals surface area contributed by atoms with Crippen molar-refractivity contribution in [3.8, 4) is 44.5 Å². The van der Waals surface area contributed by atoms with Crippen molar-refractivity contribution in [3.63, 3.8) is 0 Å². The first-order valence-corrected chi connectivity index (χ1v) is 46.8. The molecule has 10 aromatic carbocycles. The van der Waals surface area contributed by atoms with E-state index in [0.29, 0.717) is 16.7 Å². The van der Waals surface area contributed by atoms with Gasteiger partial charge in [0.25, 0.3) is 0 Å². The first-order valence-electron chi connectivity index (χ1n) is 46.8. The van der Waals surface area contributed by atoms with E-state index in [-0.39, 0.29) is 16.9 Å². The van der Waals surface area contributed by atoms with Crippen LogP contribution in [0.4, 0.5) is 22.0 Å². The van der Waals surface area contributed by atoms with Gasteiger partial charge in [-0.15, -0.1) is 0 Å². The summed E-state index contributed by atoms with van der Waals surface area (Å²) in [6.45, 7) is 11.3. The number of aryl methyl sites for hydroxylation is 8. The number of hydrogen-bond acceptors (Lipinski definition) is 0. The zero-order chi connectivity index (χ0) is 82.9. The quantitative estimate of drug-likeness (QED) is 0.0374. The smallest absolute Gasteiger partial charge is 0.129 e. The Labute approximate surface area is 711 Å². The van der Waals surface area contributed by atoms with E-state index in [0.717, 1.165) is 64.7 Å². The molecule has 630 valence electrons. The van der Waals surface area contributed by atoms with Crippen LogP contribution in [0.15, 0.2) is 218 Å². The fraction of sp³-hybridized carbons (Fsp3) is 0.469. The molecule has 0 atom stereocenters. The molecule has 0 aromatic heterocycles. The molecule has 0 amide bonds. The van der Waals surface area contributed by atoms with Crippen LogP contribution in [0.5, 0.6) is 0 Å². The van der Waals surface area contributed by atoms with Crippen LogP contribution in [0.3, 0.4) is 0 Å². The summed E-state index contributed by atoms with van der Waals surface area (Å²) >= 11 is 0. The molecule has 0 spiro atoms. The maximum atomic E-state index is 13.7. The SMILES string of the molecule is CCC1CCCCC1.Cc1c(F)cc(-c2ccc(CCCCC3CCCCC3)cc2)cc1F.Cc1c(F)cc(-c2ccccc2)cc1F.Cc1ccc(-c2ccc(CCCCC3CCCCC3)cc2)cc1.Cc1ccc(-c2ccc(CCCCC3CCCCC3)cc2)cc1F.Cc1ccc(CCCCc2ccc(C3CCCCC3)cc2)cc1. The highest BCUT2D eigenvalue weighted by atomic mass is 19.1. The number of halogens is 5. The average Bonchev–Trinajstić information content (AvgIpc) is 0.842. The van der Waals surface area contributed by atoms with Gasteiger partial charge < -0.3 is 0 Å². The van der Waals surface area contributed by atoms with Gasteiger partial charge in [0.15, 0.2) is 0 Å². The molecule has 5 fully saturated rings. The van der Waals surface area contributed by atoms with E-state index in [4.69, 9.17) is 0 Å². The normalized spacial score (nSPS) is 15.5. The Kier molecular flexibility index (Phi) is 40.2. The first kappa shape index (κ1) is 92.1. The van der Waals surface area contributed by atoms with Gasteiger partial charge in [-0.1, -0.05) is 399 Å². The summed E-state index contributed by atoms with van der Waals surface area (Å²) in [4.78, 5) is 0. The summed E-state index contributed by atoms with van der Waals surface area (Å²) in [5.74, 6) is 2.81. The summed E-state index contributed by atoms with van der Waals surface area (Å²) in [7, 11) is 0. The second kappa shape index (κ2) is 51.5. The summed E-state index contributed by atoms with van der Waals surface area (Å²) < 4.78 is 67.7. The van der Waals surface area contributed by atoms with Crippen LogP contribution >= 0.6 is 0 Å². The second-order valence-electron chi connectivity index (χ2n) is 35.8. The number of hydrogen-bond donors (Lipinski definition) is 0. The molecule has 0 N–H and O–H groups in total. The van der Waals surface area contributed by atoms with Crippen LogP contribution in [0.25, 0.3) is 44.5 Å². The summed E-state index contributed by atoms with van der Waals surface area (Å²) in [5, 5.41) is 0. The summed E-state index contributed by atoms with van der Waals surface area (Å²) in [6, 6.07) is 73.5. The largest absolute Gasteiger partial charge is 0.207 e. The molecular formula is C113H143F5. The lowest BCUT2D eigenvalue weighted by atomic mass is 9.84. The standard InChI is InChI=1S/C23H28F2.C23H29F.2C23H30.C13H10F2.C8H16/c1-17-22(24)15-21(16-23(17)25)20-13-11-19(12-14-20)10-6-5-9-18-7-3-2-4-8-18;1-18-11-14-22(17-23(18)24)21-15-12-20(13-16-21)10-6-5-9-19-7-3-2-4-8-19;1-19-11-13-20(14-12-19)7-5-6-8-21-15-17-23(18-16-21)22-9-3-2-4-10-22;1-19-11-15-22(16-12-19)23-17-13-21(14-18-23)10-6-5-9-20-7-3-2-4-8-20;1-9-12(14)7-11(8-13(9)15)10-5-3-2-4-6-10;1-2-8-6-4-3-5-7-8/h11-16,18H,2-10H2,1H3;11-17,19H,2-10H2,1H3;11-18,22H,2-10H2,1H3;11-18,20H,2-10H2,1H3;2-8H,1H3;8H,2-7H2,1H3. The third-order valence-electron chi connectivity index (χ3n) is 26.6. The monoisotopic (exact) mass is 1600 g/mol. The van der Waals surface area contributed by atoms with Crippen LogP contribution in [-0.2, 0) is 32.1 Å². The molecule has 0 saturated heterocycles. The first-order chi connectivity index (χ1) is 57.6. The molecule has 5 aliphatic rings. The highest BCUT2D eigenvalue weighted by molar-refractivity contribution is 5.67. The molecule has 0 heterocycles. The van der Waals surface area contributed by atoms with Crippen LogP contribution < -0.4 is 0 Å². The fourth-order valence-corrected chi connectivity index (χ4v) is 18.5. The van der Waals surface area contributed by atoms with Crippen molar-refractivity contribution in [2.24, 2.45) is 23.7 Å². The van der Waals surface area contributed by atoms with Crippen LogP contribution in [0.2, 0.25) is 0 Å². The summed E-state index contributed by atoms with van der Waals surface area (Å²) in [5.41, 5.74) is 19.8. The highest BCUT2D eigenvalue weighted by Gasteiger charge is 2.19. The van der Waals surface area contributed by atoms with Crippen molar-refractivity contribution in [3.05, 3.63) is 309 Å². The fourth-order valence-electron chi connectivity index (χ4n) is 18.5. The van der Waals surface area contributed by atoms with Gasteiger partial charge in [0.05, 0.1) is 0 Å². The van der Waals surface area contributed by atoms with Crippen molar-refractivity contribution in [1.29, 1.82) is 0 Å². The molecule has 0 bridgehead atoms. The van der Waals surface area contributed by atoms with Gasteiger partial charge in [0, 0.05) is 11.1 Å². The molecular weight excluding hydrogens is 1450 g/mol. The van der Waals surface area contributed by atoms with Gasteiger partial charge in [-0.2, -0.15) is 0 Å². The second-order valence-corrected chi connectivity index (χ2v) is 35.8. The van der Waals surface area contributed by atoms with E-state index < -0.39 is 23.3 Å². The van der Waals surface area contributed by atoms with Crippen molar-refractivity contribution < 1.29 is 22.0 Å². The number of benzene rings is 10. The van der Waals surface area contributed by atoms with Crippen LogP contribution in [-0.4, -0.2) is 0 Å². The van der Waals surface area contributed by atoms with Crippen molar-refractivity contribution in [1.82, 2.24) is 0 Å². The van der Waals surface area contributed by atoms with Gasteiger partial charge in [-0.25, -0.2) is 22.0 Å². The molecule has 118 heavy (non-hydrogen) atoms. The lowest BCUT2D eigenvalue weighted by Crippen LogP contribution is -2.05. The molecule has 0 radical (unpaired) electrons. The maximum Gasteiger partial charge on any atom is 0.129 e. The Morgan fingerprint density at radius 2 is 0.500 bits per heavy atom. The third kappa shape index (κ3) is 32.4. The predicted molar refractivity (Wildman–Crippen MR) is 496 cm³/mol. The van der Waals surface area contributed by atoms with Crippen molar-refractivity contribution in [2.45, 2.75) is 317 Å². The van der Waals surface area contributed by atoms with E-state index in [1.807, 2.05) is 54.6 Å². The lowest BCUT2D eigenvalue weighted by molar-refractivity contribution is 0.330. The minimum Gasteiger partial charge on any atom is -0.207 e. The molecule has 0 unspecified atom stereocenters. The Balaban J connectivity index is 0.000000153. The van der Waals surface area contributed by atoms with Gasteiger partial charge >= 0.3 is 0 Å². The lowest BCUT2D eigenvalue weighted by Gasteiger charge is -2.22. The van der Waals surface area contributed by atoms with E-state index >= 15 is 0 Å². The van der Waals surface area contributed by atoms with Crippen molar-refractivity contribution in [2.75, 3.05) is 0 Å². The van der Waals surface area contributed by atoms with Gasteiger partial charge in [-0.05, 0) is 255 Å². The van der Waals surface area contributed by atoms with Crippen LogP contribution in [0.1, 0.15) is 312 Å². The topological polar surface area (TPSA) is 0 Å². The minimum atomic E-state index is -0.506. The van der Waals surface area contributed by atoms with E-state index in [9.17, 15) is 22.0 Å². The molecule has 0 aliphatic heterocycles. The average molecular weight is 1600 g/mol. The van der Waals surface area contributed by atoms with E-state index in [1.54, 1.807) is 18.6 Å². The molecule has 5 aliphatic carbocycles. The van der Waals surface area contributed by atoms with Crippen molar-refractivity contribution >= 4 is 0 Å². The predicted octanol–water partition coefficient (Wildman–Crippen LogP) is 34.8.